The van der Waals surface area contributed by atoms with E-state index in [0.717, 1.165) is 73.6 Å². The third-order valence-electron chi connectivity index (χ3n) is 7.25. The molecule has 184 valence electrons. The van der Waals surface area contributed by atoms with Crippen LogP contribution >= 0.6 is 0 Å². The number of nitrogens with zero attached hydrogens (tertiary/aromatic N) is 1. The number of phenolic OH excluding ortho intramolecular Hbond substituents is 1. The SMILES string of the molecule is CCC(Nc1ccc(-c2cccc(/C3=C/C(N4CCNCC4)=C/CCCO3)c2O)cc1)=C1CCC1. The molecule has 0 aromatic heterocycles. The Hall–Kier alpha value is -3.18. The van der Waals surface area contributed by atoms with Crippen molar-refractivity contribution < 1.29 is 9.84 Å². The number of anilines is 1. The van der Waals surface area contributed by atoms with Crippen molar-refractivity contribution in [3.8, 4) is 16.9 Å². The molecular weight excluding hydrogens is 434 g/mol. The molecule has 0 radical (unpaired) electrons. The largest absolute Gasteiger partial charge is 0.507 e. The molecule has 3 aliphatic rings. The van der Waals surface area contributed by atoms with Gasteiger partial charge >= 0.3 is 0 Å². The maximum Gasteiger partial charge on any atom is 0.134 e. The van der Waals surface area contributed by atoms with Crippen molar-refractivity contribution >= 4 is 11.4 Å². The number of allylic oxidation sites excluding steroid dienone is 4. The fourth-order valence-corrected chi connectivity index (χ4v) is 5.01. The van der Waals surface area contributed by atoms with Crippen molar-refractivity contribution in [3.63, 3.8) is 0 Å². The molecule has 1 saturated carbocycles. The van der Waals surface area contributed by atoms with Crippen LogP contribution in [-0.4, -0.2) is 42.8 Å². The van der Waals surface area contributed by atoms with Crippen LogP contribution in [0.4, 0.5) is 5.69 Å². The third-order valence-corrected chi connectivity index (χ3v) is 7.25. The van der Waals surface area contributed by atoms with Crippen LogP contribution in [0.3, 0.4) is 0 Å². The van der Waals surface area contributed by atoms with E-state index in [-0.39, 0.29) is 5.75 Å². The molecule has 0 amide bonds. The lowest BCUT2D eigenvalue weighted by Gasteiger charge is -2.31. The number of benzene rings is 2. The Morgan fingerprint density at radius 3 is 2.51 bits per heavy atom. The van der Waals surface area contributed by atoms with Crippen molar-refractivity contribution in [1.29, 1.82) is 0 Å². The summed E-state index contributed by atoms with van der Waals surface area (Å²) in [5.41, 5.74) is 7.76. The molecule has 0 atom stereocenters. The molecule has 5 nitrogen and oxygen atoms in total. The lowest BCUT2D eigenvalue weighted by molar-refractivity contribution is 0.262. The first-order valence-electron chi connectivity index (χ1n) is 13.1. The van der Waals surface area contributed by atoms with Gasteiger partial charge in [0.2, 0.25) is 0 Å². The summed E-state index contributed by atoms with van der Waals surface area (Å²) >= 11 is 0. The van der Waals surface area contributed by atoms with E-state index in [4.69, 9.17) is 4.74 Å². The minimum Gasteiger partial charge on any atom is -0.507 e. The summed E-state index contributed by atoms with van der Waals surface area (Å²) in [7, 11) is 0. The number of phenols is 1. The third kappa shape index (κ3) is 5.40. The number of nitrogens with one attached hydrogen (secondary N) is 2. The Kier molecular flexibility index (Phi) is 7.43. The van der Waals surface area contributed by atoms with E-state index < -0.39 is 0 Å². The minimum absolute atomic E-state index is 0.269. The van der Waals surface area contributed by atoms with Gasteiger partial charge in [-0.2, -0.15) is 0 Å². The zero-order chi connectivity index (χ0) is 24.0. The molecule has 0 spiro atoms. The number of hydrogen-bond donors (Lipinski definition) is 3. The summed E-state index contributed by atoms with van der Waals surface area (Å²) in [6.07, 6.45) is 11.2. The highest BCUT2D eigenvalue weighted by Crippen LogP contribution is 2.38. The van der Waals surface area contributed by atoms with Crippen LogP contribution in [0.15, 0.2) is 71.6 Å². The van der Waals surface area contributed by atoms with E-state index in [1.165, 1.54) is 30.7 Å². The predicted molar refractivity (Wildman–Crippen MR) is 144 cm³/mol. The topological polar surface area (TPSA) is 56.8 Å². The molecule has 2 aromatic carbocycles. The molecule has 0 unspecified atom stereocenters. The maximum atomic E-state index is 11.3. The van der Waals surface area contributed by atoms with Crippen LogP contribution in [0, 0.1) is 0 Å². The Morgan fingerprint density at radius 2 is 1.80 bits per heavy atom. The van der Waals surface area contributed by atoms with E-state index in [0.29, 0.717) is 6.61 Å². The molecule has 3 N–H and O–H groups in total. The number of aromatic hydroxyl groups is 1. The molecule has 2 heterocycles. The van der Waals surface area contributed by atoms with Gasteiger partial charge in [-0.3, -0.25) is 0 Å². The first-order valence-corrected chi connectivity index (χ1v) is 13.1. The average molecular weight is 472 g/mol. The highest BCUT2D eigenvalue weighted by molar-refractivity contribution is 5.80. The summed E-state index contributed by atoms with van der Waals surface area (Å²) < 4.78 is 6.18. The number of rotatable bonds is 6. The Morgan fingerprint density at radius 1 is 1.03 bits per heavy atom. The van der Waals surface area contributed by atoms with E-state index in [9.17, 15) is 5.11 Å². The van der Waals surface area contributed by atoms with Crippen molar-refractivity contribution in [2.75, 3.05) is 38.1 Å². The van der Waals surface area contributed by atoms with Gasteiger partial charge in [0.1, 0.15) is 11.5 Å². The number of hydrogen-bond acceptors (Lipinski definition) is 5. The molecule has 2 aliphatic heterocycles. The Labute approximate surface area is 209 Å². The second-order valence-corrected chi connectivity index (χ2v) is 9.56. The molecular formula is C30H37N3O2. The summed E-state index contributed by atoms with van der Waals surface area (Å²) in [5.74, 6) is 1.01. The average Bonchev–Trinajstić information content (AvgIpc) is 2.84. The van der Waals surface area contributed by atoms with Gasteiger partial charge in [0, 0.05) is 54.9 Å². The van der Waals surface area contributed by atoms with Gasteiger partial charge in [0.05, 0.1) is 12.2 Å². The predicted octanol–water partition coefficient (Wildman–Crippen LogP) is 6.26. The molecule has 2 fully saturated rings. The Balaban J connectivity index is 1.40. The normalized spacial score (nSPS) is 21.4. The standard InChI is InChI=1S/C30H37N3O2/c1-2-28(23-7-5-8-23)32-24-14-12-22(13-15-24)26-10-6-11-27(30(26)34)29-21-25(9-3-4-20-35-29)33-18-16-31-17-19-33/h6,9-15,21,31-32,34H,2-5,7-8,16-20H2,1H3/b25-9-,29-21-. The number of para-hydroxylation sites is 1. The van der Waals surface area contributed by atoms with E-state index in [1.54, 1.807) is 5.57 Å². The van der Waals surface area contributed by atoms with Gasteiger partial charge in [-0.15, -0.1) is 0 Å². The van der Waals surface area contributed by atoms with Gasteiger partial charge in [0.15, 0.2) is 0 Å². The minimum atomic E-state index is 0.269. The molecule has 1 aliphatic carbocycles. The van der Waals surface area contributed by atoms with Gasteiger partial charge in [0.25, 0.3) is 0 Å². The lowest BCUT2D eigenvalue weighted by Crippen LogP contribution is -2.42. The molecule has 1 saturated heterocycles. The summed E-state index contributed by atoms with van der Waals surface area (Å²) in [4.78, 5) is 2.40. The first-order chi connectivity index (χ1) is 17.2. The number of piperazine rings is 1. The fraction of sp³-hybridized carbons (Fsp3) is 0.400. The highest BCUT2D eigenvalue weighted by Gasteiger charge is 2.19. The van der Waals surface area contributed by atoms with E-state index in [1.807, 2.05) is 18.2 Å². The zero-order valence-corrected chi connectivity index (χ0v) is 20.8. The maximum absolute atomic E-state index is 11.3. The van der Waals surface area contributed by atoms with Crippen LogP contribution in [0.25, 0.3) is 16.9 Å². The van der Waals surface area contributed by atoms with Crippen molar-refractivity contribution in [3.05, 3.63) is 77.1 Å². The van der Waals surface area contributed by atoms with Gasteiger partial charge in [-0.1, -0.05) is 42.8 Å². The second kappa shape index (κ2) is 11.0. The molecule has 5 heteroatoms. The zero-order valence-electron chi connectivity index (χ0n) is 20.8. The van der Waals surface area contributed by atoms with Crippen molar-refractivity contribution in [2.24, 2.45) is 0 Å². The Bertz CT molecular complexity index is 1120. The monoisotopic (exact) mass is 471 g/mol. The quantitative estimate of drug-likeness (QED) is 0.464. The fourth-order valence-electron chi connectivity index (χ4n) is 5.01. The summed E-state index contributed by atoms with van der Waals surface area (Å²) in [5, 5.41) is 18.4. The van der Waals surface area contributed by atoms with E-state index >= 15 is 0 Å². The van der Waals surface area contributed by atoms with Crippen molar-refractivity contribution in [1.82, 2.24) is 10.2 Å². The number of ether oxygens (including phenoxy) is 1. The van der Waals surface area contributed by atoms with Crippen LogP contribution in [0.1, 0.15) is 51.0 Å². The lowest BCUT2D eigenvalue weighted by atomic mass is 9.89. The van der Waals surface area contributed by atoms with Crippen LogP contribution < -0.4 is 10.6 Å². The second-order valence-electron chi connectivity index (χ2n) is 9.56. The van der Waals surface area contributed by atoms with Gasteiger partial charge < -0.3 is 25.4 Å². The summed E-state index contributed by atoms with van der Waals surface area (Å²) in [6.45, 7) is 6.81. The molecule has 0 bridgehead atoms. The van der Waals surface area contributed by atoms with Gasteiger partial charge in [-0.25, -0.2) is 0 Å². The van der Waals surface area contributed by atoms with Crippen molar-refractivity contribution in [2.45, 2.75) is 45.4 Å². The first kappa shape index (κ1) is 23.6. The highest BCUT2D eigenvalue weighted by atomic mass is 16.5. The summed E-state index contributed by atoms with van der Waals surface area (Å²) in [6, 6.07) is 14.3. The molecule has 35 heavy (non-hydrogen) atoms. The van der Waals surface area contributed by atoms with E-state index in [2.05, 4.69) is 58.9 Å². The van der Waals surface area contributed by atoms with Crippen LogP contribution in [0.2, 0.25) is 0 Å². The smallest absolute Gasteiger partial charge is 0.134 e. The molecule has 2 aromatic rings. The van der Waals surface area contributed by atoms with Gasteiger partial charge in [-0.05, 0) is 62.3 Å². The van der Waals surface area contributed by atoms with Crippen LogP contribution in [-0.2, 0) is 4.74 Å². The molecule has 5 rings (SSSR count). The van der Waals surface area contributed by atoms with Crippen LogP contribution in [0.5, 0.6) is 5.75 Å².